The first-order valence-corrected chi connectivity index (χ1v) is 10.1. The quantitative estimate of drug-likeness (QED) is 0.674. The van der Waals surface area contributed by atoms with Crippen molar-refractivity contribution >= 4 is 0 Å². The average molecular weight is 406 g/mol. The highest BCUT2D eigenvalue weighted by Crippen LogP contribution is 2.34. The van der Waals surface area contributed by atoms with Crippen LogP contribution in [0.1, 0.15) is 36.6 Å². The van der Waals surface area contributed by atoms with Gasteiger partial charge in [-0.25, -0.2) is 4.98 Å². The van der Waals surface area contributed by atoms with Crippen molar-refractivity contribution in [3.8, 4) is 22.9 Å². The van der Waals surface area contributed by atoms with Crippen LogP contribution in [0.3, 0.4) is 0 Å². The van der Waals surface area contributed by atoms with Crippen LogP contribution >= 0.6 is 0 Å². The second-order valence-corrected chi connectivity index (χ2v) is 7.42. The van der Waals surface area contributed by atoms with Gasteiger partial charge in [0, 0.05) is 36.1 Å². The normalized spacial score (nSPS) is 16.9. The summed E-state index contributed by atoms with van der Waals surface area (Å²) >= 11 is 0. The van der Waals surface area contributed by atoms with E-state index in [9.17, 15) is 4.79 Å². The summed E-state index contributed by atoms with van der Waals surface area (Å²) in [5, 5.41) is 0. The van der Waals surface area contributed by atoms with Crippen LogP contribution in [-0.4, -0.2) is 40.6 Å². The molecule has 0 spiro atoms. The van der Waals surface area contributed by atoms with E-state index in [0.29, 0.717) is 12.4 Å². The molecule has 1 N–H and O–H groups in total. The first-order valence-electron chi connectivity index (χ1n) is 10.1. The lowest BCUT2D eigenvalue weighted by Crippen LogP contribution is -2.34. The molecule has 0 radical (unpaired) electrons. The second kappa shape index (κ2) is 9.09. The van der Waals surface area contributed by atoms with Gasteiger partial charge in [-0.1, -0.05) is 6.42 Å². The molecule has 7 nitrogen and oxygen atoms in total. The molecule has 1 atom stereocenters. The van der Waals surface area contributed by atoms with E-state index < -0.39 is 0 Å². The molecule has 0 unspecified atom stereocenters. The number of nitrogens with zero attached hydrogens (tertiary/aromatic N) is 3. The lowest BCUT2D eigenvalue weighted by molar-refractivity contribution is 0.135. The summed E-state index contributed by atoms with van der Waals surface area (Å²) in [5.74, 6) is 2.18. The highest BCUT2D eigenvalue weighted by molar-refractivity contribution is 5.52. The van der Waals surface area contributed by atoms with Crippen molar-refractivity contribution in [2.24, 2.45) is 0 Å². The molecule has 30 heavy (non-hydrogen) atoms. The molecule has 1 fully saturated rings. The Morgan fingerprint density at radius 1 is 1.17 bits per heavy atom. The van der Waals surface area contributed by atoms with Crippen molar-refractivity contribution in [2.75, 3.05) is 20.8 Å². The molecule has 3 heterocycles. The van der Waals surface area contributed by atoms with E-state index in [2.05, 4.69) is 14.9 Å². The van der Waals surface area contributed by atoms with Crippen LogP contribution in [-0.2, 0) is 6.54 Å². The van der Waals surface area contributed by atoms with Gasteiger partial charge in [-0.15, -0.1) is 0 Å². The van der Waals surface area contributed by atoms with Gasteiger partial charge < -0.3 is 14.5 Å². The van der Waals surface area contributed by atoms with E-state index in [1.807, 2.05) is 30.3 Å². The number of nitrogens with one attached hydrogen (secondary N) is 1. The maximum Gasteiger partial charge on any atom is 0.251 e. The van der Waals surface area contributed by atoms with Crippen molar-refractivity contribution in [1.29, 1.82) is 0 Å². The van der Waals surface area contributed by atoms with Gasteiger partial charge >= 0.3 is 0 Å². The molecular weight excluding hydrogens is 380 g/mol. The minimum Gasteiger partial charge on any atom is -0.497 e. The van der Waals surface area contributed by atoms with E-state index in [4.69, 9.17) is 14.5 Å². The maximum atomic E-state index is 12.4. The number of methoxy groups -OCH3 is 2. The van der Waals surface area contributed by atoms with E-state index in [0.717, 1.165) is 54.1 Å². The van der Waals surface area contributed by atoms with Crippen LogP contribution in [0.15, 0.2) is 53.6 Å². The molecule has 2 aromatic heterocycles. The van der Waals surface area contributed by atoms with E-state index in [1.54, 1.807) is 32.7 Å². The Hall–Kier alpha value is -3.19. The Balaban J connectivity index is 1.67. The first-order chi connectivity index (χ1) is 14.7. The fourth-order valence-electron chi connectivity index (χ4n) is 4.03. The number of hydrogen-bond acceptors (Lipinski definition) is 6. The van der Waals surface area contributed by atoms with Gasteiger partial charge in [0.05, 0.1) is 26.0 Å². The molecule has 0 aliphatic carbocycles. The number of H-pyrrole nitrogens is 1. The third-order valence-corrected chi connectivity index (χ3v) is 5.51. The number of piperidine rings is 1. The summed E-state index contributed by atoms with van der Waals surface area (Å²) in [6.07, 6.45) is 6.58. The molecule has 1 aliphatic rings. The number of aromatic amines is 1. The zero-order valence-corrected chi connectivity index (χ0v) is 17.3. The summed E-state index contributed by atoms with van der Waals surface area (Å²) in [5.41, 5.74) is 2.50. The molecule has 0 bridgehead atoms. The predicted octanol–water partition coefficient (Wildman–Crippen LogP) is 3.58. The molecule has 156 valence electrons. The van der Waals surface area contributed by atoms with Crippen LogP contribution in [0.2, 0.25) is 0 Å². The highest BCUT2D eigenvalue weighted by Gasteiger charge is 2.27. The molecule has 0 saturated carbocycles. The van der Waals surface area contributed by atoms with Crippen molar-refractivity contribution in [2.45, 2.75) is 31.8 Å². The van der Waals surface area contributed by atoms with Gasteiger partial charge in [-0.3, -0.25) is 14.7 Å². The van der Waals surface area contributed by atoms with E-state index >= 15 is 0 Å². The van der Waals surface area contributed by atoms with Crippen LogP contribution < -0.4 is 15.0 Å². The number of aromatic nitrogens is 3. The summed E-state index contributed by atoms with van der Waals surface area (Å²) in [7, 11) is 3.34. The van der Waals surface area contributed by atoms with Crippen LogP contribution in [0, 0.1) is 0 Å². The molecule has 1 saturated heterocycles. The van der Waals surface area contributed by atoms with E-state index in [1.165, 1.54) is 0 Å². The van der Waals surface area contributed by atoms with Gasteiger partial charge in [-0.2, -0.15) is 0 Å². The zero-order valence-electron chi connectivity index (χ0n) is 17.3. The van der Waals surface area contributed by atoms with Gasteiger partial charge in [0.2, 0.25) is 0 Å². The Labute approximate surface area is 175 Å². The lowest BCUT2D eigenvalue weighted by Gasteiger charge is -2.35. The summed E-state index contributed by atoms with van der Waals surface area (Å²) in [4.78, 5) is 26.6. The number of benzene rings is 1. The predicted molar refractivity (Wildman–Crippen MR) is 115 cm³/mol. The molecule has 1 aliphatic heterocycles. The standard InChI is InChI=1S/C23H26N4O3/c1-29-18-8-9-21(30-2)17(12-18)15-27-11-4-3-7-20(27)19-13-22(28)26-23(25-19)16-6-5-10-24-14-16/h5-6,8-10,12-14,20H,3-4,7,11,15H2,1-2H3,(H,25,26,28)/t20-/m0/s1. The fraction of sp³-hybridized carbons (Fsp3) is 0.348. The molecule has 1 aromatic carbocycles. The van der Waals surface area contributed by atoms with Gasteiger partial charge in [0.1, 0.15) is 17.3 Å². The number of hydrogen-bond donors (Lipinski definition) is 1. The minimum absolute atomic E-state index is 0.0624. The Morgan fingerprint density at radius 3 is 2.83 bits per heavy atom. The fourth-order valence-corrected chi connectivity index (χ4v) is 4.03. The number of ether oxygens (including phenoxy) is 2. The number of pyridine rings is 1. The smallest absolute Gasteiger partial charge is 0.251 e. The summed E-state index contributed by atoms with van der Waals surface area (Å²) in [6.45, 7) is 1.63. The zero-order chi connectivity index (χ0) is 20.9. The van der Waals surface area contributed by atoms with Crippen molar-refractivity contribution in [3.05, 3.63) is 70.4 Å². The lowest BCUT2D eigenvalue weighted by atomic mass is 9.98. The van der Waals surface area contributed by atoms with E-state index in [-0.39, 0.29) is 11.6 Å². The molecule has 4 rings (SSSR count). The SMILES string of the molecule is COc1ccc(OC)c(CN2CCCC[C@H]2c2cc(=O)[nH]c(-c3cccnc3)n2)c1. The second-order valence-electron chi connectivity index (χ2n) is 7.42. The maximum absolute atomic E-state index is 12.4. The number of likely N-dealkylation sites (tertiary alicyclic amines) is 1. The van der Waals surface area contributed by atoms with Crippen LogP contribution in [0.25, 0.3) is 11.4 Å². The minimum atomic E-state index is -0.150. The van der Waals surface area contributed by atoms with Crippen LogP contribution in [0.5, 0.6) is 11.5 Å². The van der Waals surface area contributed by atoms with Crippen molar-refractivity contribution in [3.63, 3.8) is 0 Å². The first kappa shape index (κ1) is 20.1. The topological polar surface area (TPSA) is 80.3 Å². The number of rotatable bonds is 6. The largest absolute Gasteiger partial charge is 0.497 e. The molecule has 3 aromatic rings. The van der Waals surface area contributed by atoms with Gasteiger partial charge in [-0.05, 0) is 49.7 Å². The summed E-state index contributed by atoms with van der Waals surface area (Å²) < 4.78 is 11.0. The summed E-state index contributed by atoms with van der Waals surface area (Å²) in [6, 6.07) is 11.3. The van der Waals surface area contributed by atoms with Gasteiger partial charge in [0.15, 0.2) is 0 Å². The van der Waals surface area contributed by atoms with Gasteiger partial charge in [0.25, 0.3) is 5.56 Å². The Kier molecular flexibility index (Phi) is 6.09. The van der Waals surface area contributed by atoms with Crippen molar-refractivity contribution < 1.29 is 9.47 Å². The highest BCUT2D eigenvalue weighted by atomic mass is 16.5. The Bertz CT molecular complexity index is 1050. The van der Waals surface area contributed by atoms with Crippen LogP contribution in [0.4, 0.5) is 0 Å². The monoisotopic (exact) mass is 406 g/mol. The van der Waals surface area contributed by atoms with Crippen molar-refractivity contribution in [1.82, 2.24) is 19.9 Å². The molecule has 7 heteroatoms. The Morgan fingerprint density at radius 2 is 2.07 bits per heavy atom. The average Bonchev–Trinajstić information content (AvgIpc) is 2.79. The molecular formula is C23H26N4O3. The molecule has 0 amide bonds. The third kappa shape index (κ3) is 4.36. The third-order valence-electron chi connectivity index (χ3n) is 5.51.